The molecule has 0 aromatic carbocycles. The Morgan fingerprint density at radius 2 is 1.07 bits per heavy atom. The van der Waals surface area contributed by atoms with E-state index >= 15 is 0 Å². The monoisotopic (exact) mass is 1430 g/mol. The molecule has 10 rings (SSSR count). The van der Waals surface area contributed by atoms with Crippen molar-refractivity contribution >= 4 is 16.2 Å². The van der Waals surface area contributed by atoms with Gasteiger partial charge >= 0.3 is 29.6 Å². The third-order valence-electron chi connectivity index (χ3n) is 23.2. The number of aliphatic hydroxyl groups is 15. The predicted molar refractivity (Wildman–Crippen MR) is 320 cm³/mol. The number of allylic oxidation sites excluding steroid dienone is 2. The van der Waals surface area contributed by atoms with Crippen LogP contribution in [0.2, 0.25) is 0 Å². The summed E-state index contributed by atoms with van der Waals surface area (Å²) in [4.78, 5) is 13.6. The fourth-order valence-corrected chi connectivity index (χ4v) is 17.7. The van der Waals surface area contributed by atoms with E-state index in [0.29, 0.717) is 25.7 Å². The molecule has 9 fully saturated rings. The normalized spacial score (nSPS) is 51.4. The zero-order valence-electron chi connectivity index (χ0n) is 56.6. The molecule has 97 heavy (non-hydrogen) atoms. The van der Waals surface area contributed by atoms with Gasteiger partial charge in [0.1, 0.15) is 122 Å². The van der Waals surface area contributed by atoms with E-state index in [-0.39, 0.29) is 90.6 Å². The van der Waals surface area contributed by atoms with Crippen molar-refractivity contribution in [2.24, 2.45) is 46.3 Å². The van der Waals surface area contributed by atoms with Crippen LogP contribution >= 0.6 is 0 Å². The van der Waals surface area contributed by atoms with Crippen molar-refractivity contribution in [2.45, 2.75) is 317 Å². The Bertz CT molecular complexity index is 2780. The summed E-state index contributed by atoms with van der Waals surface area (Å²) in [5.41, 5.74) is -1.43. The standard InChI is InChI=1S/C63H104O32S.Na/c1-22(2)23(3)33(65)19-63(10,79)37-12-11-30-29-18-34(32-17-28(95-96(80,81)82)13-15-61(32,8)31(29)14-16-62(30,37)9)88-57-49(77)52(41(69)26(6)86-57)92-59-53(93-56-48(76)45(73)39(67)25(5)85-56)43(71)36(21-83-59)90-60-54(46(74)42(70)35(20-64)89-60)94-58-50(78)51(40(68)27(7)87-58)91-55-47(75)44(72)38(66)24(4)84-55;/h14,22-30,32,34-60,64,66-79H,11-13,15-21H2,1-10H3,(H,80,81,82);/q;+1/p-1/t23?,24-,25-,26-,27-,28+,29+,30+,32-,34+,35-,36-,37+,38+,39-,40+,41-,42+,43+,44+,45+,46+,47-,48-,49-,50-,51+,52+,53-,54-,55?,56?,57?,58?,59?,60?,61-,62+,63-;/m1./s1. The fourth-order valence-electron chi connectivity index (χ4n) is 17.1. The van der Waals surface area contributed by atoms with Gasteiger partial charge in [-0.25, -0.2) is 8.42 Å². The molecule has 6 aliphatic heterocycles. The maximum absolute atomic E-state index is 13.6. The molecule has 6 saturated heterocycles. The Balaban J connectivity index is 0.0000110. The van der Waals surface area contributed by atoms with Gasteiger partial charge in [0.15, 0.2) is 37.7 Å². The third-order valence-corrected chi connectivity index (χ3v) is 23.7. The zero-order chi connectivity index (χ0) is 70.5. The molecule has 0 aromatic heterocycles. The first-order valence-corrected chi connectivity index (χ1v) is 35.0. The molecule has 0 spiro atoms. The van der Waals surface area contributed by atoms with Gasteiger partial charge in [-0.15, -0.1) is 0 Å². The van der Waals surface area contributed by atoms with Gasteiger partial charge in [-0.3, -0.25) is 8.98 Å². The summed E-state index contributed by atoms with van der Waals surface area (Å²) >= 11 is 0. The Morgan fingerprint density at radius 1 is 0.588 bits per heavy atom. The molecule has 554 valence electrons. The maximum Gasteiger partial charge on any atom is 1.00 e. The molecule has 3 saturated carbocycles. The zero-order valence-corrected chi connectivity index (χ0v) is 59.4. The molecule has 0 bridgehead atoms. The number of carbonyl (C=O) groups is 1. The molecular weight excluding hydrogens is 1320 g/mol. The predicted octanol–water partition coefficient (Wildman–Crippen LogP) is -6.92. The largest absolute Gasteiger partial charge is 1.00 e. The molecule has 0 radical (unpaired) electrons. The molecule has 4 aliphatic carbocycles. The smallest absolute Gasteiger partial charge is 0.726 e. The van der Waals surface area contributed by atoms with Crippen LogP contribution in [0.3, 0.4) is 0 Å². The molecule has 15 N–H and O–H groups in total. The number of aliphatic hydroxyl groups excluding tert-OH is 14. The van der Waals surface area contributed by atoms with Crippen LogP contribution in [0, 0.1) is 46.3 Å². The Hall–Kier alpha value is -0.800. The van der Waals surface area contributed by atoms with Crippen molar-refractivity contribution < 1.29 is 185 Å². The summed E-state index contributed by atoms with van der Waals surface area (Å²) < 4.78 is 115. The Labute approximate surface area is 585 Å². The minimum absolute atomic E-state index is 0. The van der Waals surface area contributed by atoms with Crippen LogP contribution in [0.1, 0.15) is 121 Å². The maximum atomic E-state index is 13.6. The summed E-state index contributed by atoms with van der Waals surface area (Å²) in [5, 5.41) is 170. The van der Waals surface area contributed by atoms with Crippen molar-refractivity contribution in [3.05, 3.63) is 11.6 Å². The Morgan fingerprint density at radius 3 is 1.60 bits per heavy atom. The second-order valence-corrected chi connectivity index (χ2v) is 30.8. The molecule has 0 amide bonds. The molecule has 0 aromatic rings. The Kier molecular flexibility index (Phi) is 25.9. The van der Waals surface area contributed by atoms with Gasteiger partial charge in [0.05, 0.1) is 55.4 Å². The molecule has 32 nitrogen and oxygen atoms in total. The van der Waals surface area contributed by atoms with E-state index < -0.39 is 236 Å². The van der Waals surface area contributed by atoms with Gasteiger partial charge in [-0.05, 0) is 120 Å². The molecule has 34 heteroatoms. The van der Waals surface area contributed by atoms with Crippen LogP contribution in [-0.4, -0.2) is 305 Å². The molecule has 6 heterocycles. The molecule has 7 unspecified atom stereocenters. The summed E-state index contributed by atoms with van der Waals surface area (Å²) in [6, 6.07) is 0. The van der Waals surface area contributed by atoms with E-state index in [2.05, 4.69) is 19.9 Å². The molecule has 39 atom stereocenters. The van der Waals surface area contributed by atoms with Crippen LogP contribution in [-0.2, 0) is 76.2 Å². The quantitative estimate of drug-likeness (QED) is 0.0233. The van der Waals surface area contributed by atoms with E-state index in [9.17, 15) is 94.4 Å². The average Bonchev–Trinajstić information content (AvgIpc) is 1.67. The van der Waals surface area contributed by atoms with Gasteiger partial charge in [-0.1, -0.05) is 46.3 Å². The first-order chi connectivity index (χ1) is 44.8. The van der Waals surface area contributed by atoms with E-state index in [1.807, 2.05) is 20.8 Å². The minimum atomic E-state index is -5.16. The van der Waals surface area contributed by atoms with Gasteiger partial charge in [-0.2, -0.15) is 0 Å². The summed E-state index contributed by atoms with van der Waals surface area (Å²) in [6.07, 6.45) is -47.6. The van der Waals surface area contributed by atoms with Crippen molar-refractivity contribution in [3.63, 3.8) is 0 Å². The van der Waals surface area contributed by atoms with Crippen LogP contribution in [0.4, 0.5) is 0 Å². The number of hydrogen-bond donors (Lipinski definition) is 15. The van der Waals surface area contributed by atoms with Crippen molar-refractivity contribution in [2.75, 3.05) is 13.2 Å². The van der Waals surface area contributed by atoms with E-state index in [4.69, 9.17) is 61.0 Å². The molecule has 10 aliphatic rings. The number of carbonyl (C=O) groups excluding carboxylic acids is 1. The number of ether oxygens (including phenoxy) is 12. The topological polar surface area (TPSA) is 498 Å². The van der Waals surface area contributed by atoms with Gasteiger partial charge < -0.3 is 138 Å². The van der Waals surface area contributed by atoms with E-state index in [0.717, 1.165) is 5.57 Å². The summed E-state index contributed by atoms with van der Waals surface area (Å²) in [6.45, 7) is 15.6. The van der Waals surface area contributed by atoms with Crippen LogP contribution in [0.15, 0.2) is 11.6 Å². The van der Waals surface area contributed by atoms with E-state index in [1.54, 1.807) is 6.92 Å². The first kappa shape index (κ1) is 80.3. The minimum Gasteiger partial charge on any atom is -0.726 e. The second-order valence-electron chi connectivity index (χ2n) is 29.8. The second kappa shape index (κ2) is 31.3. The van der Waals surface area contributed by atoms with Crippen LogP contribution < -0.4 is 29.6 Å². The van der Waals surface area contributed by atoms with Crippen molar-refractivity contribution in [1.29, 1.82) is 0 Å². The molecular formula is C63H103NaO32S. The SMILES string of the molecule is CC(C)C(C)C(=O)C[C@@](C)(O)[C@H]1CC[C@H]2[C@@H]3C[C@H](OC4O[C@H](C)[C@@H](O)[C@H](OC5OC[C@@H](OC6O[C@H](CO)[C@H](O)[C@H](O)[C@H]6OC6O[C@H](C)[C@H](O)[C@H](OC7O[C@H](C)[C@H](O)[C@H](O)[C@H]7O)[C@H]6O)[C@H](O)[C@H]5OC5O[C@H](C)[C@@H](O)[C@H](O)[C@H]5O)[C@H]4O)[C@H]4C[C@@H](OS(=O)(=O)[O-])CC[C@]4(C)C3=CC[C@@]21C.[Na+]. The number of Topliss-reactive ketones (excluding diaryl/α,β-unsaturated/α-hetero) is 1. The fraction of sp³-hybridized carbons (Fsp3) is 0.952. The average molecular weight is 1430 g/mol. The van der Waals surface area contributed by atoms with Gasteiger partial charge in [0.2, 0.25) is 10.4 Å². The van der Waals surface area contributed by atoms with E-state index in [1.165, 1.54) is 27.7 Å². The summed E-state index contributed by atoms with van der Waals surface area (Å²) in [5.74, 6) is -1.30. The van der Waals surface area contributed by atoms with Gasteiger partial charge in [0.25, 0.3) is 0 Å². The number of hydrogen-bond acceptors (Lipinski definition) is 32. The number of ketones is 1. The number of rotatable bonds is 20. The number of fused-ring (bicyclic) bond motifs is 5. The third kappa shape index (κ3) is 16.0. The van der Waals surface area contributed by atoms with Gasteiger partial charge in [0, 0.05) is 12.3 Å². The van der Waals surface area contributed by atoms with Crippen LogP contribution in [0.25, 0.3) is 0 Å². The van der Waals surface area contributed by atoms with Crippen molar-refractivity contribution in [3.8, 4) is 0 Å². The summed E-state index contributed by atoms with van der Waals surface area (Å²) in [7, 11) is -5.16. The van der Waals surface area contributed by atoms with Crippen LogP contribution in [0.5, 0.6) is 0 Å². The van der Waals surface area contributed by atoms with Crippen molar-refractivity contribution in [1.82, 2.24) is 0 Å². The first-order valence-electron chi connectivity index (χ1n) is 33.7.